The van der Waals surface area contributed by atoms with E-state index in [2.05, 4.69) is 21.8 Å². The highest BCUT2D eigenvalue weighted by molar-refractivity contribution is 8.00. The first-order valence-corrected chi connectivity index (χ1v) is 6.45. The Balaban J connectivity index is 2.20. The molecule has 2 rings (SSSR count). The van der Waals surface area contributed by atoms with Gasteiger partial charge in [0.1, 0.15) is 16.8 Å². The van der Waals surface area contributed by atoms with Gasteiger partial charge in [0, 0.05) is 30.2 Å². The summed E-state index contributed by atoms with van der Waals surface area (Å²) >= 11 is 7.93. The van der Waals surface area contributed by atoms with Gasteiger partial charge in [0.15, 0.2) is 0 Å². The molecule has 0 aliphatic carbocycles. The maximum atomic E-state index is 5.92. The van der Waals surface area contributed by atoms with E-state index in [-0.39, 0.29) is 0 Å². The molecule has 1 aromatic heterocycles. The van der Waals surface area contributed by atoms with Gasteiger partial charge in [0.25, 0.3) is 0 Å². The van der Waals surface area contributed by atoms with Crippen molar-refractivity contribution < 1.29 is 0 Å². The highest BCUT2D eigenvalue weighted by atomic mass is 35.5. The minimum Gasteiger partial charge on any atom is -0.355 e. The third kappa shape index (κ3) is 2.75. The SMILES string of the molecule is Cc1nc(Cl)cc(N2CCSC(C)C2)n1. The van der Waals surface area contributed by atoms with E-state index >= 15 is 0 Å². The third-order valence-corrected chi connectivity index (χ3v) is 3.69. The number of anilines is 1. The van der Waals surface area contributed by atoms with E-state index in [0.29, 0.717) is 10.4 Å². The van der Waals surface area contributed by atoms with Crippen molar-refractivity contribution in [2.45, 2.75) is 19.1 Å². The van der Waals surface area contributed by atoms with Gasteiger partial charge in [-0.15, -0.1) is 0 Å². The number of nitrogens with zero attached hydrogens (tertiary/aromatic N) is 3. The molecule has 1 unspecified atom stereocenters. The summed E-state index contributed by atoms with van der Waals surface area (Å²) in [6.45, 7) is 6.20. The van der Waals surface area contributed by atoms with Crippen LogP contribution in [0.3, 0.4) is 0 Å². The number of aryl methyl sites for hydroxylation is 1. The van der Waals surface area contributed by atoms with Crippen LogP contribution in [-0.2, 0) is 0 Å². The summed E-state index contributed by atoms with van der Waals surface area (Å²) in [4.78, 5) is 10.8. The van der Waals surface area contributed by atoms with Crippen molar-refractivity contribution in [1.82, 2.24) is 9.97 Å². The van der Waals surface area contributed by atoms with Gasteiger partial charge >= 0.3 is 0 Å². The predicted octanol–water partition coefficient (Wildman–Crippen LogP) is 2.38. The van der Waals surface area contributed by atoms with Crippen LogP contribution >= 0.6 is 23.4 Å². The highest BCUT2D eigenvalue weighted by Gasteiger charge is 2.18. The van der Waals surface area contributed by atoms with Crippen molar-refractivity contribution in [2.75, 3.05) is 23.7 Å². The fourth-order valence-corrected chi connectivity index (χ4v) is 2.94. The zero-order valence-corrected chi connectivity index (χ0v) is 10.5. The lowest BCUT2D eigenvalue weighted by molar-refractivity contribution is 0.764. The van der Waals surface area contributed by atoms with Crippen molar-refractivity contribution in [3.05, 3.63) is 17.0 Å². The quantitative estimate of drug-likeness (QED) is 0.709. The molecule has 0 amide bonds. The van der Waals surface area contributed by atoms with Gasteiger partial charge in [-0.3, -0.25) is 0 Å². The second kappa shape index (κ2) is 4.58. The van der Waals surface area contributed by atoms with Crippen molar-refractivity contribution in [3.63, 3.8) is 0 Å². The zero-order valence-electron chi connectivity index (χ0n) is 8.90. The van der Waals surface area contributed by atoms with Gasteiger partial charge in [-0.1, -0.05) is 18.5 Å². The number of thioether (sulfide) groups is 1. The van der Waals surface area contributed by atoms with Crippen molar-refractivity contribution in [3.8, 4) is 0 Å². The summed E-state index contributed by atoms with van der Waals surface area (Å²) in [6, 6.07) is 1.84. The molecule has 82 valence electrons. The van der Waals surface area contributed by atoms with E-state index in [4.69, 9.17) is 11.6 Å². The summed E-state index contributed by atoms with van der Waals surface area (Å²) in [7, 11) is 0. The number of halogens is 1. The molecule has 0 bridgehead atoms. The van der Waals surface area contributed by atoms with Crippen molar-refractivity contribution in [2.24, 2.45) is 0 Å². The molecular formula is C10H14ClN3S. The Labute approximate surface area is 99.2 Å². The van der Waals surface area contributed by atoms with Gasteiger partial charge in [-0.2, -0.15) is 11.8 Å². The van der Waals surface area contributed by atoms with E-state index in [0.717, 1.165) is 30.5 Å². The lowest BCUT2D eigenvalue weighted by Gasteiger charge is -2.31. The first-order chi connectivity index (χ1) is 7.15. The normalized spacial score (nSPS) is 21.8. The smallest absolute Gasteiger partial charge is 0.134 e. The summed E-state index contributed by atoms with van der Waals surface area (Å²) in [5, 5.41) is 1.19. The zero-order chi connectivity index (χ0) is 10.8. The molecule has 5 heteroatoms. The Hall–Kier alpha value is -0.480. The maximum absolute atomic E-state index is 5.92. The molecule has 3 nitrogen and oxygen atoms in total. The van der Waals surface area contributed by atoms with E-state index in [1.54, 1.807) is 0 Å². The number of rotatable bonds is 1. The topological polar surface area (TPSA) is 29.0 Å². The average molecular weight is 244 g/mol. The Morgan fingerprint density at radius 1 is 1.53 bits per heavy atom. The number of aromatic nitrogens is 2. The molecular weight excluding hydrogens is 230 g/mol. The second-order valence-electron chi connectivity index (χ2n) is 3.72. The summed E-state index contributed by atoms with van der Waals surface area (Å²) in [6.07, 6.45) is 0. The van der Waals surface area contributed by atoms with Crippen LogP contribution in [0.25, 0.3) is 0 Å². The molecule has 2 heterocycles. The summed E-state index contributed by atoms with van der Waals surface area (Å²) in [5.41, 5.74) is 0. The predicted molar refractivity (Wildman–Crippen MR) is 65.9 cm³/mol. The molecule has 0 spiro atoms. The lowest BCUT2D eigenvalue weighted by Crippen LogP contribution is -2.37. The van der Waals surface area contributed by atoms with E-state index in [9.17, 15) is 0 Å². The van der Waals surface area contributed by atoms with E-state index < -0.39 is 0 Å². The largest absolute Gasteiger partial charge is 0.355 e. The van der Waals surface area contributed by atoms with Crippen LogP contribution in [0.1, 0.15) is 12.7 Å². The summed E-state index contributed by atoms with van der Waals surface area (Å²) < 4.78 is 0. The fourth-order valence-electron chi connectivity index (χ4n) is 1.70. The van der Waals surface area contributed by atoms with E-state index in [1.807, 2.05) is 24.8 Å². The number of hydrogen-bond donors (Lipinski definition) is 0. The van der Waals surface area contributed by atoms with Crippen LogP contribution in [0, 0.1) is 6.92 Å². The van der Waals surface area contributed by atoms with Crippen molar-refractivity contribution >= 4 is 29.2 Å². The van der Waals surface area contributed by atoms with Crippen LogP contribution in [-0.4, -0.2) is 34.1 Å². The molecule has 0 aromatic carbocycles. The molecule has 1 atom stereocenters. The summed E-state index contributed by atoms with van der Waals surface area (Å²) in [5.74, 6) is 2.85. The van der Waals surface area contributed by atoms with E-state index in [1.165, 1.54) is 0 Å². The molecule has 1 aromatic rings. The Bertz CT molecular complexity index is 338. The van der Waals surface area contributed by atoms with Crippen LogP contribution in [0.4, 0.5) is 5.82 Å². The first kappa shape index (κ1) is 11.0. The molecule has 1 fully saturated rings. The van der Waals surface area contributed by atoms with Gasteiger partial charge < -0.3 is 4.90 Å². The fraction of sp³-hybridized carbons (Fsp3) is 0.600. The molecule has 15 heavy (non-hydrogen) atoms. The minimum absolute atomic E-state index is 0.531. The van der Waals surface area contributed by atoms with Crippen LogP contribution in [0.5, 0.6) is 0 Å². The Kier molecular flexibility index (Phi) is 3.36. The highest BCUT2D eigenvalue weighted by Crippen LogP contribution is 2.23. The third-order valence-electron chi connectivity index (χ3n) is 2.36. The minimum atomic E-state index is 0.531. The Morgan fingerprint density at radius 3 is 3.00 bits per heavy atom. The maximum Gasteiger partial charge on any atom is 0.134 e. The Morgan fingerprint density at radius 2 is 2.33 bits per heavy atom. The second-order valence-corrected chi connectivity index (χ2v) is 5.66. The van der Waals surface area contributed by atoms with Gasteiger partial charge in [0.2, 0.25) is 0 Å². The van der Waals surface area contributed by atoms with Gasteiger partial charge in [-0.25, -0.2) is 9.97 Å². The van der Waals surface area contributed by atoms with Crippen LogP contribution in [0.2, 0.25) is 5.15 Å². The van der Waals surface area contributed by atoms with Crippen LogP contribution < -0.4 is 4.90 Å². The molecule has 0 radical (unpaired) electrons. The monoisotopic (exact) mass is 243 g/mol. The van der Waals surface area contributed by atoms with Crippen molar-refractivity contribution in [1.29, 1.82) is 0 Å². The molecule has 1 saturated heterocycles. The first-order valence-electron chi connectivity index (χ1n) is 5.03. The van der Waals surface area contributed by atoms with Gasteiger partial charge in [-0.05, 0) is 6.92 Å². The molecule has 1 aliphatic heterocycles. The van der Waals surface area contributed by atoms with Crippen LogP contribution in [0.15, 0.2) is 6.07 Å². The lowest BCUT2D eigenvalue weighted by atomic mass is 10.3. The standard InChI is InChI=1S/C10H14ClN3S/c1-7-6-14(3-4-15-7)10-5-9(11)12-8(2)13-10/h5,7H,3-4,6H2,1-2H3. The van der Waals surface area contributed by atoms with Gasteiger partial charge in [0.05, 0.1) is 0 Å². The number of hydrogen-bond acceptors (Lipinski definition) is 4. The average Bonchev–Trinajstić information content (AvgIpc) is 2.16. The molecule has 1 aliphatic rings. The molecule has 0 saturated carbocycles. The molecule has 0 N–H and O–H groups in total.